The first-order valence-corrected chi connectivity index (χ1v) is 7.26. The number of hydrogen-bond acceptors (Lipinski definition) is 9. The van der Waals surface area contributed by atoms with E-state index in [-0.39, 0.29) is 11.6 Å². The highest BCUT2D eigenvalue weighted by Crippen LogP contribution is 2.32. The fraction of sp³-hybridized carbons (Fsp3) is 0.357. The van der Waals surface area contributed by atoms with Gasteiger partial charge in [0.1, 0.15) is 23.8 Å². The fourth-order valence-electron chi connectivity index (χ4n) is 2.75. The molecule has 1 aliphatic rings. The molecule has 5 N–H and O–H groups in total. The van der Waals surface area contributed by atoms with Crippen molar-refractivity contribution in [3.63, 3.8) is 0 Å². The number of furan rings is 1. The average molecular weight is 333 g/mol. The molecular weight excluding hydrogens is 318 g/mol. The first kappa shape index (κ1) is 15.0. The molecule has 0 unspecified atom stereocenters. The number of nitrogen functional groups attached to an aromatic ring is 1. The molecule has 0 bridgehead atoms. The number of ether oxygens (including phenoxy) is 1. The summed E-state index contributed by atoms with van der Waals surface area (Å²) in [5, 5.41) is 29.3. The third-order valence-corrected chi connectivity index (χ3v) is 3.98. The predicted octanol–water partition coefficient (Wildman–Crippen LogP) is -0.720. The Labute approximate surface area is 135 Å². The number of fused-ring (bicyclic) bond motifs is 1. The molecule has 1 aliphatic heterocycles. The smallest absolute Gasteiger partial charge is 0.199 e. The van der Waals surface area contributed by atoms with E-state index in [1.807, 2.05) is 0 Å². The monoisotopic (exact) mass is 333 g/mol. The van der Waals surface area contributed by atoms with Gasteiger partial charge in [-0.1, -0.05) is 0 Å². The molecule has 0 amide bonds. The van der Waals surface area contributed by atoms with Crippen molar-refractivity contribution < 1.29 is 24.5 Å². The quantitative estimate of drug-likeness (QED) is 0.486. The number of imidazole rings is 1. The molecule has 10 nitrogen and oxygen atoms in total. The second-order valence-corrected chi connectivity index (χ2v) is 5.46. The van der Waals surface area contributed by atoms with Crippen molar-refractivity contribution in [2.75, 3.05) is 12.3 Å². The zero-order valence-electron chi connectivity index (χ0n) is 12.4. The van der Waals surface area contributed by atoms with Crippen LogP contribution in [0.25, 0.3) is 22.7 Å². The van der Waals surface area contributed by atoms with Gasteiger partial charge in [0.05, 0.1) is 19.2 Å². The van der Waals surface area contributed by atoms with E-state index in [2.05, 4.69) is 15.0 Å². The van der Waals surface area contributed by atoms with E-state index in [4.69, 9.17) is 14.9 Å². The van der Waals surface area contributed by atoms with Crippen molar-refractivity contribution in [2.45, 2.75) is 24.5 Å². The Morgan fingerprint density at radius 2 is 2.08 bits per heavy atom. The van der Waals surface area contributed by atoms with Crippen LogP contribution in [0.3, 0.4) is 0 Å². The van der Waals surface area contributed by atoms with Gasteiger partial charge in [-0.15, -0.1) is 0 Å². The number of hydrogen-bond donors (Lipinski definition) is 4. The number of anilines is 1. The SMILES string of the molecule is Nc1nc(-c2ccco2)nc2c1ncn2[C@@H]1O[C@H](CO)[C@@H](O)[C@@H]1O. The van der Waals surface area contributed by atoms with Gasteiger partial charge in [0.15, 0.2) is 29.3 Å². The van der Waals surface area contributed by atoms with Crippen molar-refractivity contribution in [1.29, 1.82) is 0 Å². The number of aliphatic hydroxyl groups excluding tert-OH is 3. The molecule has 3 aromatic rings. The van der Waals surface area contributed by atoms with Crippen LogP contribution in [0.1, 0.15) is 6.23 Å². The van der Waals surface area contributed by atoms with Gasteiger partial charge in [-0.2, -0.15) is 0 Å². The van der Waals surface area contributed by atoms with Gasteiger partial charge < -0.3 is 30.2 Å². The lowest BCUT2D eigenvalue weighted by molar-refractivity contribution is -0.0511. The van der Waals surface area contributed by atoms with Crippen LogP contribution < -0.4 is 5.73 Å². The second kappa shape index (κ2) is 5.53. The van der Waals surface area contributed by atoms with Crippen molar-refractivity contribution in [2.24, 2.45) is 0 Å². The predicted molar refractivity (Wildman–Crippen MR) is 80.4 cm³/mol. The molecule has 10 heteroatoms. The lowest BCUT2D eigenvalue weighted by Crippen LogP contribution is -2.33. The Bertz CT molecular complexity index is 864. The fourth-order valence-corrected chi connectivity index (χ4v) is 2.75. The van der Waals surface area contributed by atoms with Crippen LogP contribution in [0.4, 0.5) is 5.82 Å². The first-order chi connectivity index (χ1) is 11.6. The largest absolute Gasteiger partial charge is 0.461 e. The molecule has 4 heterocycles. The van der Waals surface area contributed by atoms with Crippen LogP contribution in [-0.4, -0.2) is 59.8 Å². The highest BCUT2D eigenvalue weighted by Gasteiger charge is 2.44. The first-order valence-electron chi connectivity index (χ1n) is 7.26. The van der Waals surface area contributed by atoms with E-state index in [9.17, 15) is 15.3 Å². The van der Waals surface area contributed by atoms with E-state index in [1.54, 1.807) is 12.1 Å². The van der Waals surface area contributed by atoms with Crippen LogP contribution >= 0.6 is 0 Å². The van der Waals surface area contributed by atoms with Crippen LogP contribution in [0.5, 0.6) is 0 Å². The Morgan fingerprint density at radius 1 is 1.25 bits per heavy atom. The Kier molecular flexibility index (Phi) is 3.46. The van der Waals surface area contributed by atoms with Gasteiger partial charge in [0.25, 0.3) is 0 Å². The maximum absolute atomic E-state index is 10.2. The Balaban J connectivity index is 1.82. The summed E-state index contributed by atoms with van der Waals surface area (Å²) in [7, 11) is 0. The number of nitrogens with two attached hydrogens (primary N) is 1. The molecule has 4 atom stereocenters. The Hall–Kier alpha value is -2.53. The van der Waals surface area contributed by atoms with Crippen molar-refractivity contribution in [3.05, 3.63) is 24.7 Å². The summed E-state index contributed by atoms with van der Waals surface area (Å²) in [4.78, 5) is 12.7. The van der Waals surface area contributed by atoms with E-state index in [1.165, 1.54) is 17.2 Å². The summed E-state index contributed by atoms with van der Waals surface area (Å²) in [5.41, 5.74) is 6.59. The minimum Gasteiger partial charge on any atom is -0.461 e. The summed E-state index contributed by atoms with van der Waals surface area (Å²) in [6.45, 7) is -0.421. The van der Waals surface area contributed by atoms with Gasteiger partial charge in [0.2, 0.25) is 0 Å². The van der Waals surface area contributed by atoms with E-state index < -0.39 is 31.1 Å². The molecule has 1 fully saturated rings. The van der Waals surface area contributed by atoms with E-state index in [0.29, 0.717) is 16.9 Å². The van der Waals surface area contributed by atoms with Crippen LogP contribution in [0, 0.1) is 0 Å². The molecule has 0 spiro atoms. The maximum Gasteiger partial charge on any atom is 0.199 e. The molecule has 24 heavy (non-hydrogen) atoms. The molecule has 1 saturated heterocycles. The molecule has 0 saturated carbocycles. The average Bonchev–Trinajstić information content (AvgIpc) is 3.28. The molecule has 4 rings (SSSR count). The lowest BCUT2D eigenvalue weighted by Gasteiger charge is -2.16. The van der Waals surface area contributed by atoms with E-state index >= 15 is 0 Å². The van der Waals surface area contributed by atoms with E-state index in [0.717, 1.165) is 0 Å². The number of aliphatic hydroxyl groups is 3. The molecule has 0 aromatic carbocycles. The third kappa shape index (κ3) is 2.16. The molecule has 3 aromatic heterocycles. The summed E-state index contributed by atoms with van der Waals surface area (Å²) in [5.74, 6) is 0.841. The lowest BCUT2D eigenvalue weighted by atomic mass is 10.1. The summed E-state index contributed by atoms with van der Waals surface area (Å²) < 4.78 is 12.2. The molecular formula is C14H15N5O5. The second-order valence-electron chi connectivity index (χ2n) is 5.46. The minimum absolute atomic E-state index is 0.150. The minimum atomic E-state index is -1.25. The van der Waals surface area contributed by atoms with Gasteiger partial charge in [-0.3, -0.25) is 4.57 Å². The van der Waals surface area contributed by atoms with Crippen LogP contribution in [0.15, 0.2) is 29.1 Å². The summed E-state index contributed by atoms with van der Waals surface area (Å²) in [6, 6.07) is 3.39. The van der Waals surface area contributed by atoms with Gasteiger partial charge >= 0.3 is 0 Å². The normalized spacial score (nSPS) is 27.1. The zero-order valence-corrected chi connectivity index (χ0v) is 12.4. The number of rotatable bonds is 3. The summed E-state index contributed by atoms with van der Waals surface area (Å²) >= 11 is 0. The zero-order chi connectivity index (χ0) is 16.8. The highest BCUT2D eigenvalue weighted by molar-refractivity contribution is 5.83. The van der Waals surface area contributed by atoms with Gasteiger partial charge in [-0.05, 0) is 12.1 Å². The molecule has 126 valence electrons. The van der Waals surface area contributed by atoms with Crippen molar-refractivity contribution in [1.82, 2.24) is 19.5 Å². The number of aromatic nitrogens is 4. The highest BCUT2D eigenvalue weighted by atomic mass is 16.6. The third-order valence-electron chi connectivity index (χ3n) is 3.98. The van der Waals surface area contributed by atoms with Crippen molar-refractivity contribution in [3.8, 4) is 11.6 Å². The van der Waals surface area contributed by atoms with Crippen LogP contribution in [-0.2, 0) is 4.74 Å². The maximum atomic E-state index is 10.2. The molecule has 0 aliphatic carbocycles. The Morgan fingerprint density at radius 3 is 2.75 bits per heavy atom. The number of nitrogens with zero attached hydrogens (tertiary/aromatic N) is 4. The topological polar surface area (TPSA) is 153 Å². The van der Waals surface area contributed by atoms with Gasteiger partial charge in [0, 0.05) is 0 Å². The summed E-state index contributed by atoms with van der Waals surface area (Å²) in [6.07, 6.45) is -1.44. The van der Waals surface area contributed by atoms with Crippen molar-refractivity contribution >= 4 is 17.0 Å². The van der Waals surface area contributed by atoms with Crippen LogP contribution in [0.2, 0.25) is 0 Å². The standard InChI is InChI=1S/C14H15N5O5/c15-11-8-13(18-12(17-11)6-2-1-3-23-6)19(5-16-8)14-10(22)9(21)7(4-20)24-14/h1-3,5,7,9-10,14,20-22H,4H2,(H2,15,17,18)/t7-,9-,10+,14-/m1/s1. The molecule has 0 radical (unpaired) electrons. The van der Waals surface area contributed by atoms with Gasteiger partial charge in [-0.25, -0.2) is 15.0 Å².